The Bertz CT molecular complexity index is 412. The minimum Gasteiger partial charge on any atom is -0.309 e. The Morgan fingerprint density at radius 2 is 1.94 bits per heavy atom. The van der Waals surface area contributed by atoms with E-state index in [4.69, 9.17) is 0 Å². The number of nitrogens with one attached hydrogen (secondary N) is 1. The van der Waals surface area contributed by atoms with Crippen molar-refractivity contribution in [3.63, 3.8) is 0 Å². The molecule has 1 saturated heterocycles. The molecule has 0 bridgehead atoms. The molecule has 1 aliphatic heterocycles. The molecule has 4 heteroatoms. The molecule has 1 N–H and O–H groups in total. The van der Waals surface area contributed by atoms with Crippen LogP contribution in [0.5, 0.6) is 0 Å². The predicted molar refractivity (Wildman–Crippen MR) is 73.3 cm³/mol. The van der Waals surface area contributed by atoms with Gasteiger partial charge in [0.25, 0.3) is 0 Å². The molecular weight excluding hydrogens is 246 g/mol. The van der Waals surface area contributed by atoms with Gasteiger partial charge < -0.3 is 5.32 Å². The summed E-state index contributed by atoms with van der Waals surface area (Å²) in [6, 6.07) is 0.425. The number of rotatable bonds is 1. The second-order valence-corrected chi connectivity index (χ2v) is 8.96. The highest BCUT2D eigenvalue weighted by molar-refractivity contribution is 7.92. The van der Waals surface area contributed by atoms with Crippen LogP contribution >= 0.6 is 0 Å². The van der Waals surface area contributed by atoms with Crippen molar-refractivity contribution < 1.29 is 8.42 Å². The first-order valence-corrected chi connectivity index (χ1v) is 9.24. The fourth-order valence-electron chi connectivity index (χ4n) is 4.46. The van der Waals surface area contributed by atoms with Crippen LogP contribution in [0.1, 0.15) is 58.3 Å². The summed E-state index contributed by atoms with van der Waals surface area (Å²) >= 11 is 0. The molecule has 104 valence electrons. The fourth-order valence-corrected chi connectivity index (χ4v) is 6.92. The largest absolute Gasteiger partial charge is 0.309 e. The monoisotopic (exact) mass is 271 g/mol. The SMILES string of the molecule is CCC1CS(=O)(=O)C2CC3(CCCC3)CCC2N1. The lowest BCUT2D eigenvalue weighted by Gasteiger charge is -2.46. The smallest absolute Gasteiger partial charge is 0.156 e. The molecular formula is C14H25NO2S. The average molecular weight is 271 g/mol. The third-order valence-corrected chi connectivity index (χ3v) is 7.85. The maximum atomic E-state index is 12.5. The molecule has 2 aliphatic carbocycles. The Hall–Kier alpha value is -0.0900. The molecule has 0 aromatic carbocycles. The minimum absolute atomic E-state index is 0.0906. The van der Waals surface area contributed by atoms with Crippen molar-refractivity contribution in [2.75, 3.05) is 5.75 Å². The van der Waals surface area contributed by atoms with Crippen LogP contribution in [0.4, 0.5) is 0 Å². The van der Waals surface area contributed by atoms with Crippen molar-refractivity contribution in [2.24, 2.45) is 5.41 Å². The van der Waals surface area contributed by atoms with E-state index in [-0.39, 0.29) is 17.3 Å². The Balaban J connectivity index is 1.82. The van der Waals surface area contributed by atoms with Gasteiger partial charge in [-0.15, -0.1) is 0 Å². The first kappa shape index (κ1) is 12.9. The van der Waals surface area contributed by atoms with Gasteiger partial charge in [-0.1, -0.05) is 19.8 Å². The zero-order valence-electron chi connectivity index (χ0n) is 11.3. The van der Waals surface area contributed by atoms with Crippen LogP contribution in [0.3, 0.4) is 0 Å². The molecule has 3 aliphatic rings. The molecule has 3 unspecified atom stereocenters. The van der Waals surface area contributed by atoms with Crippen molar-refractivity contribution in [3.8, 4) is 0 Å². The molecule has 3 nitrogen and oxygen atoms in total. The summed E-state index contributed by atoms with van der Waals surface area (Å²) in [4.78, 5) is 0. The quantitative estimate of drug-likeness (QED) is 0.796. The second-order valence-electron chi connectivity index (χ2n) is 6.70. The molecule has 3 fully saturated rings. The minimum atomic E-state index is -2.87. The normalized spacial score (nSPS) is 41.7. The highest BCUT2D eigenvalue weighted by Gasteiger charge is 2.49. The van der Waals surface area contributed by atoms with E-state index in [0.717, 1.165) is 19.3 Å². The van der Waals surface area contributed by atoms with Crippen LogP contribution in [-0.2, 0) is 9.84 Å². The van der Waals surface area contributed by atoms with Crippen LogP contribution in [-0.4, -0.2) is 31.5 Å². The van der Waals surface area contributed by atoms with Gasteiger partial charge in [0, 0.05) is 12.1 Å². The summed E-state index contributed by atoms with van der Waals surface area (Å²) in [5.74, 6) is 0.362. The van der Waals surface area contributed by atoms with E-state index in [0.29, 0.717) is 11.2 Å². The van der Waals surface area contributed by atoms with Gasteiger partial charge in [0.1, 0.15) is 0 Å². The fraction of sp³-hybridized carbons (Fsp3) is 1.00. The Morgan fingerprint density at radius 1 is 1.22 bits per heavy atom. The average Bonchev–Trinajstić information content (AvgIpc) is 2.78. The zero-order chi connectivity index (χ0) is 12.8. The lowest BCUT2D eigenvalue weighted by molar-refractivity contribution is 0.160. The molecule has 3 atom stereocenters. The van der Waals surface area contributed by atoms with Crippen molar-refractivity contribution in [1.29, 1.82) is 0 Å². The van der Waals surface area contributed by atoms with E-state index in [2.05, 4.69) is 12.2 Å². The topological polar surface area (TPSA) is 46.2 Å². The van der Waals surface area contributed by atoms with E-state index >= 15 is 0 Å². The lowest BCUT2D eigenvalue weighted by atomic mass is 9.71. The third-order valence-electron chi connectivity index (χ3n) is 5.57. The highest BCUT2D eigenvalue weighted by Crippen LogP contribution is 2.51. The molecule has 0 aromatic heterocycles. The first-order valence-electron chi connectivity index (χ1n) is 7.52. The van der Waals surface area contributed by atoms with E-state index in [1.54, 1.807) is 0 Å². The summed E-state index contributed by atoms with van der Waals surface area (Å²) in [7, 11) is -2.87. The Kier molecular flexibility index (Phi) is 3.22. The maximum Gasteiger partial charge on any atom is 0.156 e. The summed E-state index contributed by atoms with van der Waals surface area (Å²) in [6.07, 6.45) is 9.32. The van der Waals surface area contributed by atoms with Crippen LogP contribution in [0.25, 0.3) is 0 Å². The van der Waals surface area contributed by atoms with Crippen molar-refractivity contribution >= 4 is 9.84 Å². The summed E-state index contributed by atoms with van der Waals surface area (Å²) < 4.78 is 25.0. The first-order chi connectivity index (χ1) is 8.55. The number of hydrogen-bond donors (Lipinski definition) is 1. The molecule has 2 saturated carbocycles. The second kappa shape index (κ2) is 4.48. The molecule has 3 rings (SSSR count). The van der Waals surface area contributed by atoms with E-state index in [1.807, 2.05) is 0 Å². The standard InChI is InChI=1S/C14H25NO2S/c1-2-11-10-18(16,17)13-9-14(6-3-4-7-14)8-5-12(13)15-11/h11-13,15H,2-10H2,1H3. The Labute approximate surface area is 111 Å². The Morgan fingerprint density at radius 3 is 2.61 bits per heavy atom. The lowest BCUT2D eigenvalue weighted by Crippen LogP contribution is -2.60. The van der Waals surface area contributed by atoms with Crippen molar-refractivity contribution in [1.82, 2.24) is 5.32 Å². The predicted octanol–water partition coefficient (Wildman–Crippen LogP) is 2.26. The van der Waals surface area contributed by atoms with E-state index in [1.165, 1.54) is 32.1 Å². The van der Waals surface area contributed by atoms with Gasteiger partial charge in [-0.3, -0.25) is 0 Å². The number of fused-ring (bicyclic) bond motifs is 1. The molecule has 1 spiro atoms. The third kappa shape index (κ3) is 2.11. The summed E-state index contributed by atoms with van der Waals surface area (Å²) in [6.45, 7) is 2.08. The van der Waals surface area contributed by atoms with Gasteiger partial charge in [-0.2, -0.15) is 0 Å². The summed E-state index contributed by atoms with van der Waals surface area (Å²) in [5.41, 5.74) is 0.384. The maximum absolute atomic E-state index is 12.5. The zero-order valence-corrected chi connectivity index (χ0v) is 12.1. The molecule has 0 aromatic rings. The van der Waals surface area contributed by atoms with Crippen molar-refractivity contribution in [2.45, 2.75) is 75.6 Å². The van der Waals surface area contributed by atoms with Gasteiger partial charge in [0.15, 0.2) is 9.84 Å². The van der Waals surface area contributed by atoms with E-state index < -0.39 is 9.84 Å². The van der Waals surface area contributed by atoms with Gasteiger partial charge in [0.2, 0.25) is 0 Å². The van der Waals surface area contributed by atoms with Crippen molar-refractivity contribution in [3.05, 3.63) is 0 Å². The number of sulfone groups is 1. The van der Waals surface area contributed by atoms with Crippen LogP contribution in [0, 0.1) is 5.41 Å². The van der Waals surface area contributed by atoms with Gasteiger partial charge in [0.05, 0.1) is 11.0 Å². The van der Waals surface area contributed by atoms with Crippen LogP contribution in [0.2, 0.25) is 0 Å². The molecule has 0 radical (unpaired) electrons. The van der Waals surface area contributed by atoms with Gasteiger partial charge in [-0.05, 0) is 43.9 Å². The summed E-state index contributed by atoms with van der Waals surface area (Å²) in [5, 5.41) is 3.50. The van der Waals surface area contributed by atoms with Crippen LogP contribution < -0.4 is 5.32 Å². The number of hydrogen-bond acceptors (Lipinski definition) is 3. The van der Waals surface area contributed by atoms with Crippen LogP contribution in [0.15, 0.2) is 0 Å². The highest BCUT2D eigenvalue weighted by atomic mass is 32.2. The molecule has 1 heterocycles. The van der Waals surface area contributed by atoms with Gasteiger partial charge >= 0.3 is 0 Å². The van der Waals surface area contributed by atoms with E-state index in [9.17, 15) is 8.42 Å². The van der Waals surface area contributed by atoms with Gasteiger partial charge in [-0.25, -0.2) is 8.42 Å². The molecule has 0 amide bonds. The molecule has 18 heavy (non-hydrogen) atoms.